The molecule has 2 aromatic carbocycles. The van der Waals surface area contributed by atoms with Gasteiger partial charge in [-0.3, -0.25) is 0 Å². The second-order valence-electron chi connectivity index (χ2n) is 6.40. The smallest absolute Gasteiger partial charge is 0.415 e. The Morgan fingerprint density at radius 1 is 1.11 bits per heavy atom. The Bertz CT molecular complexity index is 909. The van der Waals surface area contributed by atoms with Gasteiger partial charge in [-0.05, 0) is 37.3 Å². The fourth-order valence-electron chi connectivity index (χ4n) is 2.65. The lowest BCUT2D eigenvalue weighted by Gasteiger charge is -2.19. The summed E-state index contributed by atoms with van der Waals surface area (Å²) in [6.45, 7) is 2.45. The van der Waals surface area contributed by atoms with Crippen molar-refractivity contribution < 1.29 is 22.5 Å². The van der Waals surface area contributed by atoms with Crippen molar-refractivity contribution in [3.8, 4) is 11.5 Å². The quantitative estimate of drug-likeness (QED) is 0.703. The molecule has 1 heterocycles. The van der Waals surface area contributed by atoms with Crippen LogP contribution in [0.25, 0.3) is 11.5 Å². The molecular formula is C19H18ClF3N3O+. The average Bonchev–Trinajstić information content (AvgIpc) is 3.11. The summed E-state index contributed by atoms with van der Waals surface area (Å²) < 4.78 is 43.7. The van der Waals surface area contributed by atoms with Crippen molar-refractivity contribution in [3.05, 3.63) is 70.6 Å². The molecule has 1 aromatic heterocycles. The van der Waals surface area contributed by atoms with Gasteiger partial charge >= 0.3 is 6.18 Å². The third-order valence-corrected chi connectivity index (χ3v) is 4.62. The van der Waals surface area contributed by atoms with Crippen molar-refractivity contribution in [2.75, 3.05) is 7.05 Å². The Morgan fingerprint density at radius 3 is 2.44 bits per heavy atom. The van der Waals surface area contributed by atoms with Crippen LogP contribution in [0.5, 0.6) is 0 Å². The van der Waals surface area contributed by atoms with Crippen LogP contribution in [0.15, 0.2) is 52.9 Å². The molecular weight excluding hydrogens is 379 g/mol. The van der Waals surface area contributed by atoms with E-state index in [1.54, 1.807) is 18.2 Å². The summed E-state index contributed by atoms with van der Waals surface area (Å²) >= 11 is 5.98. The van der Waals surface area contributed by atoms with Crippen molar-refractivity contribution in [3.63, 3.8) is 0 Å². The molecule has 0 aliphatic carbocycles. The van der Waals surface area contributed by atoms with E-state index in [0.717, 1.165) is 28.2 Å². The first kappa shape index (κ1) is 19.4. The molecule has 0 saturated carbocycles. The van der Waals surface area contributed by atoms with E-state index in [0.29, 0.717) is 23.3 Å². The molecule has 27 heavy (non-hydrogen) atoms. The largest absolute Gasteiger partial charge is 0.416 e. The fraction of sp³-hybridized carbons (Fsp3) is 0.263. The number of hydrogen-bond acceptors (Lipinski definition) is 3. The molecule has 142 valence electrons. The van der Waals surface area contributed by atoms with Crippen LogP contribution in [0.3, 0.4) is 0 Å². The monoisotopic (exact) mass is 396 g/mol. The lowest BCUT2D eigenvalue weighted by molar-refractivity contribution is -0.925. The van der Waals surface area contributed by atoms with Gasteiger partial charge in [-0.25, -0.2) is 0 Å². The maximum atomic E-state index is 12.7. The van der Waals surface area contributed by atoms with Gasteiger partial charge in [-0.1, -0.05) is 29.8 Å². The first-order valence-electron chi connectivity index (χ1n) is 8.32. The summed E-state index contributed by atoms with van der Waals surface area (Å²) in [5.41, 5.74) is 0.871. The van der Waals surface area contributed by atoms with Gasteiger partial charge in [0.25, 0.3) is 5.89 Å². The highest BCUT2D eigenvalue weighted by atomic mass is 35.5. The zero-order chi connectivity index (χ0) is 19.6. The standard InChI is InChI=1S/C19H17ClF3N3O/c1-12(17-24-25-18(27-17)14-4-3-5-16(20)10-14)26(2)11-13-6-8-15(9-7-13)19(21,22)23/h3-10,12H,11H2,1-2H3/p+1/t12-/m0/s1. The van der Waals surface area contributed by atoms with Crippen LogP contribution in [0.1, 0.15) is 30.0 Å². The molecule has 1 N–H and O–H groups in total. The molecule has 3 aromatic rings. The van der Waals surface area contributed by atoms with E-state index >= 15 is 0 Å². The number of alkyl halides is 3. The van der Waals surface area contributed by atoms with Gasteiger partial charge in [0.15, 0.2) is 6.04 Å². The van der Waals surface area contributed by atoms with Crippen molar-refractivity contribution in [1.29, 1.82) is 0 Å². The van der Waals surface area contributed by atoms with Gasteiger partial charge < -0.3 is 9.32 Å². The van der Waals surface area contributed by atoms with Crippen molar-refractivity contribution in [2.45, 2.75) is 25.7 Å². The lowest BCUT2D eigenvalue weighted by atomic mass is 10.1. The SMILES string of the molecule is C[C@@H](c1nnc(-c2cccc(Cl)c2)o1)[NH+](C)Cc1ccc(C(F)(F)F)cc1. The van der Waals surface area contributed by atoms with Gasteiger partial charge in [0.2, 0.25) is 5.89 Å². The number of quaternary nitrogens is 1. The number of hydrogen-bond donors (Lipinski definition) is 1. The van der Waals surface area contributed by atoms with Crippen LogP contribution in [-0.4, -0.2) is 17.2 Å². The maximum Gasteiger partial charge on any atom is 0.416 e. The average molecular weight is 397 g/mol. The van der Waals surface area contributed by atoms with Gasteiger partial charge in [0.1, 0.15) is 6.54 Å². The Hall–Kier alpha value is -2.38. The molecule has 8 heteroatoms. The minimum atomic E-state index is -4.33. The molecule has 0 amide bonds. The van der Waals surface area contributed by atoms with E-state index in [-0.39, 0.29) is 6.04 Å². The second-order valence-corrected chi connectivity index (χ2v) is 6.83. The van der Waals surface area contributed by atoms with Gasteiger partial charge in [0, 0.05) is 16.1 Å². The van der Waals surface area contributed by atoms with Crippen molar-refractivity contribution in [2.24, 2.45) is 0 Å². The zero-order valence-electron chi connectivity index (χ0n) is 14.7. The number of aromatic nitrogens is 2. The van der Waals surface area contributed by atoms with Gasteiger partial charge in [0.05, 0.1) is 12.6 Å². The predicted octanol–water partition coefficient (Wildman–Crippen LogP) is 4.18. The highest BCUT2D eigenvalue weighted by molar-refractivity contribution is 6.30. The fourth-order valence-corrected chi connectivity index (χ4v) is 2.84. The minimum Gasteiger partial charge on any atom is -0.415 e. The highest BCUT2D eigenvalue weighted by Crippen LogP contribution is 2.29. The predicted molar refractivity (Wildman–Crippen MR) is 95.2 cm³/mol. The number of nitrogens with one attached hydrogen (secondary N) is 1. The first-order valence-corrected chi connectivity index (χ1v) is 8.69. The molecule has 3 rings (SSSR count). The highest BCUT2D eigenvalue weighted by Gasteiger charge is 2.30. The number of benzene rings is 2. The molecule has 4 nitrogen and oxygen atoms in total. The summed E-state index contributed by atoms with van der Waals surface area (Å²) in [4.78, 5) is 1.01. The molecule has 0 aliphatic heterocycles. The third kappa shape index (κ3) is 4.67. The van der Waals surface area contributed by atoms with E-state index < -0.39 is 11.7 Å². The Kier molecular flexibility index (Phi) is 5.53. The normalized spacial score (nSPS) is 14.1. The van der Waals surface area contributed by atoms with Crippen molar-refractivity contribution in [1.82, 2.24) is 10.2 Å². The maximum absolute atomic E-state index is 12.7. The number of halogens is 4. The molecule has 0 spiro atoms. The van der Waals surface area contributed by atoms with Crippen LogP contribution < -0.4 is 4.90 Å². The van der Waals surface area contributed by atoms with E-state index in [9.17, 15) is 13.2 Å². The second kappa shape index (κ2) is 7.70. The molecule has 0 aliphatic rings. The van der Waals surface area contributed by atoms with Crippen LogP contribution >= 0.6 is 11.6 Å². The van der Waals surface area contributed by atoms with E-state index in [1.165, 1.54) is 12.1 Å². The summed E-state index contributed by atoms with van der Waals surface area (Å²) in [7, 11) is 1.92. The summed E-state index contributed by atoms with van der Waals surface area (Å²) in [6.07, 6.45) is -4.33. The topological polar surface area (TPSA) is 43.4 Å². The molecule has 2 atom stereocenters. The molecule has 0 saturated heterocycles. The van der Waals surface area contributed by atoms with Gasteiger partial charge in [-0.2, -0.15) is 13.2 Å². The molecule has 0 radical (unpaired) electrons. The van der Waals surface area contributed by atoms with Crippen LogP contribution in [-0.2, 0) is 12.7 Å². The summed E-state index contributed by atoms with van der Waals surface area (Å²) in [5, 5.41) is 8.74. The van der Waals surface area contributed by atoms with Crippen LogP contribution in [0.2, 0.25) is 5.02 Å². The molecule has 1 unspecified atom stereocenters. The van der Waals surface area contributed by atoms with Crippen molar-refractivity contribution >= 4 is 11.6 Å². The summed E-state index contributed by atoms with van der Waals surface area (Å²) in [5.74, 6) is 0.830. The lowest BCUT2D eigenvalue weighted by Crippen LogP contribution is -3.07. The molecule has 0 fully saturated rings. The van der Waals surface area contributed by atoms with E-state index in [1.807, 2.05) is 20.0 Å². The Morgan fingerprint density at radius 2 is 1.81 bits per heavy atom. The number of rotatable bonds is 5. The van der Waals surface area contributed by atoms with Crippen LogP contribution in [0.4, 0.5) is 13.2 Å². The Labute approximate surface area is 159 Å². The van der Waals surface area contributed by atoms with E-state index in [4.69, 9.17) is 16.0 Å². The summed E-state index contributed by atoms with van der Waals surface area (Å²) in [6, 6.07) is 12.2. The zero-order valence-corrected chi connectivity index (χ0v) is 15.5. The molecule has 0 bridgehead atoms. The van der Waals surface area contributed by atoms with E-state index in [2.05, 4.69) is 10.2 Å². The number of nitrogens with zero attached hydrogens (tertiary/aromatic N) is 2. The third-order valence-electron chi connectivity index (χ3n) is 4.39. The first-order chi connectivity index (χ1) is 12.7. The minimum absolute atomic E-state index is 0.132. The van der Waals surface area contributed by atoms with Gasteiger partial charge in [-0.15, -0.1) is 10.2 Å². The van der Waals surface area contributed by atoms with Crippen LogP contribution in [0, 0.1) is 0 Å². The Balaban J connectivity index is 1.69.